The molecule has 0 saturated heterocycles. The van der Waals surface area contributed by atoms with E-state index < -0.39 is 5.82 Å². The molecule has 21 heavy (non-hydrogen) atoms. The first-order valence-electron chi connectivity index (χ1n) is 6.55. The summed E-state index contributed by atoms with van der Waals surface area (Å²) in [6.07, 6.45) is -0.229. The molecule has 3 rings (SSSR count). The number of hydrogen-bond donors (Lipinski definition) is 0. The van der Waals surface area contributed by atoms with E-state index in [9.17, 15) is 4.39 Å². The van der Waals surface area contributed by atoms with Gasteiger partial charge in [-0.1, -0.05) is 34.1 Å². The Morgan fingerprint density at radius 3 is 2.71 bits per heavy atom. The van der Waals surface area contributed by atoms with E-state index in [1.165, 1.54) is 13.2 Å². The molecule has 0 spiro atoms. The third kappa shape index (κ3) is 2.83. The minimum Gasteiger partial charge on any atom is -0.494 e. The molecule has 2 aromatic rings. The van der Waals surface area contributed by atoms with Crippen LogP contribution in [0.2, 0.25) is 0 Å². The summed E-state index contributed by atoms with van der Waals surface area (Å²) in [6, 6.07) is 12.4. The maximum absolute atomic E-state index is 13.8. The minimum absolute atomic E-state index is 0.175. The SMILES string of the molecule is COc1ccc(C(Br)C2COc3ccccc3O2)cc1F. The molecule has 0 saturated carbocycles. The topological polar surface area (TPSA) is 27.7 Å². The predicted molar refractivity (Wildman–Crippen MR) is 81.0 cm³/mol. The highest BCUT2D eigenvalue weighted by molar-refractivity contribution is 9.09. The first kappa shape index (κ1) is 14.2. The van der Waals surface area contributed by atoms with Crippen LogP contribution in [0.3, 0.4) is 0 Å². The summed E-state index contributed by atoms with van der Waals surface area (Å²) in [5.41, 5.74) is 0.779. The lowest BCUT2D eigenvalue weighted by Gasteiger charge is -2.29. The zero-order valence-electron chi connectivity index (χ0n) is 11.4. The smallest absolute Gasteiger partial charge is 0.165 e. The van der Waals surface area contributed by atoms with Gasteiger partial charge in [-0.3, -0.25) is 0 Å². The van der Waals surface area contributed by atoms with Gasteiger partial charge in [0, 0.05) is 0 Å². The van der Waals surface area contributed by atoms with Crippen molar-refractivity contribution in [2.24, 2.45) is 0 Å². The highest BCUT2D eigenvalue weighted by Crippen LogP contribution is 2.38. The van der Waals surface area contributed by atoms with Crippen LogP contribution in [0, 0.1) is 5.82 Å². The molecule has 0 aliphatic carbocycles. The van der Waals surface area contributed by atoms with Gasteiger partial charge in [0.25, 0.3) is 0 Å². The van der Waals surface area contributed by atoms with Gasteiger partial charge in [0.1, 0.15) is 12.7 Å². The molecule has 110 valence electrons. The molecule has 0 N–H and O–H groups in total. The lowest BCUT2D eigenvalue weighted by atomic mass is 10.1. The monoisotopic (exact) mass is 352 g/mol. The quantitative estimate of drug-likeness (QED) is 0.778. The number of ether oxygens (including phenoxy) is 3. The highest BCUT2D eigenvalue weighted by atomic mass is 79.9. The number of alkyl halides is 1. The third-order valence-corrected chi connectivity index (χ3v) is 4.47. The van der Waals surface area contributed by atoms with Crippen LogP contribution < -0.4 is 14.2 Å². The van der Waals surface area contributed by atoms with Crippen LogP contribution in [-0.2, 0) is 0 Å². The number of rotatable bonds is 3. The van der Waals surface area contributed by atoms with Gasteiger partial charge in [-0.25, -0.2) is 4.39 Å². The molecule has 3 nitrogen and oxygen atoms in total. The van der Waals surface area contributed by atoms with Crippen molar-refractivity contribution in [1.82, 2.24) is 0 Å². The van der Waals surface area contributed by atoms with Crippen molar-refractivity contribution in [3.63, 3.8) is 0 Å². The molecule has 0 fully saturated rings. The van der Waals surface area contributed by atoms with Gasteiger partial charge in [-0.15, -0.1) is 0 Å². The maximum atomic E-state index is 13.8. The van der Waals surface area contributed by atoms with Crippen LogP contribution in [0.15, 0.2) is 42.5 Å². The van der Waals surface area contributed by atoms with Crippen LogP contribution in [-0.4, -0.2) is 19.8 Å². The Hall–Kier alpha value is -1.75. The second kappa shape index (κ2) is 5.93. The van der Waals surface area contributed by atoms with Crippen molar-refractivity contribution in [3.05, 3.63) is 53.8 Å². The first-order valence-corrected chi connectivity index (χ1v) is 7.46. The number of halogens is 2. The average molecular weight is 353 g/mol. The van der Waals surface area contributed by atoms with Crippen molar-refractivity contribution in [2.75, 3.05) is 13.7 Å². The van der Waals surface area contributed by atoms with Gasteiger partial charge in [-0.2, -0.15) is 0 Å². The van der Waals surface area contributed by atoms with Crippen LogP contribution >= 0.6 is 15.9 Å². The van der Waals surface area contributed by atoms with Gasteiger partial charge in [0.2, 0.25) is 0 Å². The Morgan fingerprint density at radius 1 is 1.24 bits per heavy atom. The van der Waals surface area contributed by atoms with E-state index in [1.54, 1.807) is 6.07 Å². The third-order valence-electron chi connectivity index (χ3n) is 3.35. The number of methoxy groups -OCH3 is 1. The van der Waals surface area contributed by atoms with Gasteiger partial charge in [0.15, 0.2) is 23.1 Å². The summed E-state index contributed by atoms with van der Waals surface area (Å²) in [5, 5.41) is 0. The fourth-order valence-electron chi connectivity index (χ4n) is 2.25. The van der Waals surface area contributed by atoms with Gasteiger partial charge in [0.05, 0.1) is 11.9 Å². The molecule has 5 heteroatoms. The molecule has 2 atom stereocenters. The zero-order chi connectivity index (χ0) is 14.8. The molecule has 1 heterocycles. The molecule has 0 bridgehead atoms. The number of para-hydroxylation sites is 2. The first-order chi connectivity index (χ1) is 10.2. The van der Waals surface area contributed by atoms with Crippen molar-refractivity contribution in [3.8, 4) is 17.2 Å². The Kier molecular flexibility index (Phi) is 4.01. The molecule has 2 unspecified atom stereocenters. The van der Waals surface area contributed by atoms with E-state index in [-0.39, 0.29) is 16.7 Å². The lowest BCUT2D eigenvalue weighted by molar-refractivity contribution is 0.0904. The number of fused-ring (bicyclic) bond motifs is 1. The fourth-order valence-corrected chi connectivity index (χ4v) is 2.79. The Morgan fingerprint density at radius 2 is 2.00 bits per heavy atom. The maximum Gasteiger partial charge on any atom is 0.165 e. The minimum atomic E-state index is -0.392. The van der Waals surface area contributed by atoms with Gasteiger partial charge >= 0.3 is 0 Å². The predicted octanol–water partition coefficient (Wildman–Crippen LogP) is 4.11. The summed E-state index contributed by atoms with van der Waals surface area (Å²) in [4.78, 5) is -0.175. The summed E-state index contributed by atoms with van der Waals surface area (Å²) in [7, 11) is 1.44. The molecule has 1 aliphatic heterocycles. The van der Waals surface area contributed by atoms with Crippen molar-refractivity contribution in [1.29, 1.82) is 0 Å². The molecule has 0 amide bonds. The van der Waals surface area contributed by atoms with E-state index in [4.69, 9.17) is 14.2 Å². The normalized spacial score (nSPS) is 18.1. The standard InChI is InChI=1S/C16H14BrFO3/c1-19-12-7-6-10(8-11(12)18)16(17)15-9-20-13-4-2-3-5-14(13)21-15/h2-8,15-16H,9H2,1H3. The largest absolute Gasteiger partial charge is 0.494 e. The van der Waals surface area contributed by atoms with E-state index in [2.05, 4.69) is 15.9 Å². The molecule has 1 aliphatic rings. The second-order valence-electron chi connectivity index (χ2n) is 4.71. The zero-order valence-corrected chi connectivity index (χ0v) is 13.0. The molecule has 0 radical (unpaired) electrons. The van der Waals surface area contributed by atoms with Crippen molar-refractivity contribution < 1.29 is 18.6 Å². The molecule has 2 aromatic carbocycles. The van der Waals surface area contributed by atoms with Crippen molar-refractivity contribution >= 4 is 15.9 Å². The molecular formula is C16H14BrFO3. The summed E-state index contributed by atoms with van der Waals surface area (Å²) in [6.45, 7) is 0.403. The van der Waals surface area contributed by atoms with E-state index >= 15 is 0 Å². The van der Waals surface area contributed by atoms with E-state index in [0.29, 0.717) is 12.4 Å². The number of hydrogen-bond acceptors (Lipinski definition) is 3. The highest BCUT2D eigenvalue weighted by Gasteiger charge is 2.28. The summed E-state index contributed by atoms with van der Waals surface area (Å²) in [5.74, 6) is 1.27. The summed E-state index contributed by atoms with van der Waals surface area (Å²) < 4.78 is 30.3. The Balaban J connectivity index is 1.80. The average Bonchev–Trinajstić information content (AvgIpc) is 2.53. The van der Waals surface area contributed by atoms with Crippen LogP contribution in [0.25, 0.3) is 0 Å². The van der Waals surface area contributed by atoms with E-state index in [0.717, 1.165) is 11.3 Å². The molecular weight excluding hydrogens is 339 g/mol. The van der Waals surface area contributed by atoms with Gasteiger partial charge < -0.3 is 14.2 Å². The fraction of sp³-hybridized carbons (Fsp3) is 0.250. The van der Waals surface area contributed by atoms with Gasteiger partial charge in [-0.05, 0) is 29.8 Å². The Bertz CT molecular complexity index is 647. The van der Waals surface area contributed by atoms with E-state index in [1.807, 2.05) is 30.3 Å². The second-order valence-corrected chi connectivity index (χ2v) is 5.70. The lowest BCUT2D eigenvalue weighted by Crippen LogP contribution is -2.32. The van der Waals surface area contributed by atoms with Crippen molar-refractivity contribution in [2.45, 2.75) is 10.9 Å². The Labute approximate surface area is 130 Å². The van der Waals surface area contributed by atoms with Crippen LogP contribution in [0.1, 0.15) is 10.4 Å². The van der Waals surface area contributed by atoms with Crippen LogP contribution in [0.5, 0.6) is 17.2 Å². The number of benzene rings is 2. The molecule has 0 aromatic heterocycles. The summed E-state index contributed by atoms with van der Waals surface area (Å²) >= 11 is 3.57. The van der Waals surface area contributed by atoms with Crippen LogP contribution in [0.4, 0.5) is 4.39 Å².